The highest BCUT2D eigenvalue weighted by Gasteiger charge is 2.29. The summed E-state index contributed by atoms with van der Waals surface area (Å²) in [6, 6.07) is 2.73. The first-order valence-corrected chi connectivity index (χ1v) is 7.91. The highest BCUT2D eigenvalue weighted by Crippen LogP contribution is 2.38. The van der Waals surface area contributed by atoms with Gasteiger partial charge in [-0.2, -0.15) is 5.10 Å². The summed E-state index contributed by atoms with van der Waals surface area (Å²) in [5, 5.41) is 8.17. The molecule has 0 saturated heterocycles. The lowest BCUT2D eigenvalue weighted by Gasteiger charge is -2.34. The van der Waals surface area contributed by atoms with Crippen molar-refractivity contribution in [1.82, 2.24) is 15.1 Å². The molecule has 1 N–H and O–H groups in total. The predicted molar refractivity (Wildman–Crippen MR) is 80.2 cm³/mol. The zero-order chi connectivity index (χ0) is 13.8. The largest absolute Gasteiger partial charge is 0.311 e. The fourth-order valence-electron chi connectivity index (χ4n) is 3.70. The van der Waals surface area contributed by atoms with Gasteiger partial charge >= 0.3 is 0 Å². The molecule has 0 bridgehead atoms. The first kappa shape index (κ1) is 14.6. The monoisotopic (exact) mass is 263 g/mol. The van der Waals surface area contributed by atoms with Crippen molar-refractivity contribution in [2.24, 2.45) is 11.8 Å². The van der Waals surface area contributed by atoms with Gasteiger partial charge in [0.15, 0.2) is 0 Å². The van der Waals surface area contributed by atoms with E-state index in [2.05, 4.69) is 49.0 Å². The second-order valence-electron chi connectivity index (χ2n) is 5.99. The Labute approximate surface area is 117 Å². The van der Waals surface area contributed by atoms with Crippen molar-refractivity contribution < 1.29 is 0 Å². The molecule has 3 heteroatoms. The van der Waals surface area contributed by atoms with E-state index in [1.165, 1.54) is 37.8 Å². The number of nitrogens with zero attached hydrogens (tertiary/aromatic N) is 2. The molecule has 0 radical (unpaired) electrons. The lowest BCUT2D eigenvalue weighted by molar-refractivity contribution is 0.209. The Bertz CT molecular complexity index is 397. The van der Waals surface area contributed by atoms with Crippen molar-refractivity contribution in [3.63, 3.8) is 0 Å². The number of aromatic nitrogens is 2. The van der Waals surface area contributed by atoms with Crippen LogP contribution in [-0.4, -0.2) is 16.8 Å². The summed E-state index contributed by atoms with van der Waals surface area (Å²) >= 11 is 0. The first-order valence-electron chi connectivity index (χ1n) is 7.91. The van der Waals surface area contributed by atoms with Crippen LogP contribution >= 0.6 is 0 Å². The Morgan fingerprint density at radius 3 is 2.84 bits per heavy atom. The van der Waals surface area contributed by atoms with E-state index in [-0.39, 0.29) is 0 Å². The first-order chi connectivity index (χ1) is 9.19. The fourth-order valence-corrected chi connectivity index (χ4v) is 3.70. The maximum absolute atomic E-state index is 4.61. The maximum atomic E-state index is 4.61. The van der Waals surface area contributed by atoms with Crippen molar-refractivity contribution in [2.75, 3.05) is 7.05 Å². The minimum Gasteiger partial charge on any atom is -0.311 e. The molecule has 3 unspecified atom stereocenters. The SMILES string of the molecule is CCC1CCCC(C(NC)c2cc(C)nn2CC)C1. The number of hydrogen-bond acceptors (Lipinski definition) is 2. The van der Waals surface area contributed by atoms with Crippen molar-refractivity contribution >= 4 is 0 Å². The van der Waals surface area contributed by atoms with Crippen LogP contribution in [0.3, 0.4) is 0 Å². The minimum atomic E-state index is 0.468. The van der Waals surface area contributed by atoms with Crippen molar-refractivity contribution in [3.8, 4) is 0 Å². The predicted octanol–water partition coefficient (Wildman–Crippen LogP) is 3.69. The van der Waals surface area contributed by atoms with Gasteiger partial charge in [0, 0.05) is 6.54 Å². The summed E-state index contributed by atoms with van der Waals surface area (Å²) in [5.74, 6) is 1.69. The standard InChI is InChI=1S/C16H29N3/c1-5-13-8-7-9-14(11-13)16(17-4)15-10-12(3)18-19(15)6-2/h10,13-14,16-17H,5-9,11H2,1-4H3. The molecule has 1 aromatic heterocycles. The highest BCUT2D eigenvalue weighted by atomic mass is 15.3. The van der Waals surface area contributed by atoms with Crippen LogP contribution in [0.5, 0.6) is 0 Å². The van der Waals surface area contributed by atoms with Gasteiger partial charge < -0.3 is 5.32 Å². The van der Waals surface area contributed by atoms with E-state index in [0.717, 1.165) is 24.1 Å². The topological polar surface area (TPSA) is 29.9 Å². The number of aryl methyl sites for hydroxylation is 2. The third kappa shape index (κ3) is 3.19. The van der Waals surface area contributed by atoms with Crippen LogP contribution in [0.4, 0.5) is 0 Å². The summed E-state index contributed by atoms with van der Waals surface area (Å²) < 4.78 is 2.17. The van der Waals surface area contributed by atoms with Gasteiger partial charge in [0.25, 0.3) is 0 Å². The molecular formula is C16H29N3. The molecule has 3 nitrogen and oxygen atoms in total. The van der Waals surface area contributed by atoms with Gasteiger partial charge in [-0.3, -0.25) is 4.68 Å². The second-order valence-corrected chi connectivity index (χ2v) is 5.99. The Morgan fingerprint density at radius 2 is 2.21 bits per heavy atom. The lowest BCUT2D eigenvalue weighted by Crippen LogP contribution is -2.31. The van der Waals surface area contributed by atoms with E-state index in [1.54, 1.807) is 0 Å². The molecule has 1 fully saturated rings. The number of rotatable bonds is 5. The van der Waals surface area contributed by atoms with Crippen molar-refractivity contribution in [2.45, 2.75) is 65.5 Å². The van der Waals surface area contributed by atoms with E-state index < -0.39 is 0 Å². The Hall–Kier alpha value is -0.830. The molecule has 0 aliphatic heterocycles. The average Bonchev–Trinajstić information content (AvgIpc) is 2.81. The molecule has 1 aliphatic carbocycles. The molecule has 0 spiro atoms. The van der Waals surface area contributed by atoms with Gasteiger partial charge in [-0.05, 0) is 51.6 Å². The summed E-state index contributed by atoms with van der Waals surface area (Å²) in [5.41, 5.74) is 2.52. The smallest absolute Gasteiger partial charge is 0.0597 e. The summed E-state index contributed by atoms with van der Waals surface area (Å²) in [6.07, 6.45) is 6.88. The van der Waals surface area contributed by atoms with Crippen LogP contribution in [0, 0.1) is 18.8 Å². The summed E-state index contributed by atoms with van der Waals surface area (Å²) in [6.45, 7) is 7.57. The third-order valence-electron chi connectivity index (χ3n) is 4.73. The molecule has 1 heterocycles. The maximum Gasteiger partial charge on any atom is 0.0597 e. The molecule has 1 aliphatic rings. The summed E-state index contributed by atoms with van der Waals surface area (Å²) in [4.78, 5) is 0. The zero-order valence-corrected chi connectivity index (χ0v) is 12.9. The van der Waals surface area contributed by atoms with Crippen LogP contribution in [0.25, 0.3) is 0 Å². The van der Waals surface area contributed by atoms with E-state index in [9.17, 15) is 0 Å². The Balaban J connectivity index is 2.18. The van der Waals surface area contributed by atoms with Crippen LogP contribution in [-0.2, 0) is 6.54 Å². The molecule has 108 valence electrons. The minimum absolute atomic E-state index is 0.468. The van der Waals surface area contributed by atoms with Gasteiger partial charge in [-0.15, -0.1) is 0 Å². The normalized spacial score (nSPS) is 25.5. The number of nitrogens with one attached hydrogen (secondary N) is 1. The van der Waals surface area contributed by atoms with Gasteiger partial charge in [-0.25, -0.2) is 0 Å². The number of hydrogen-bond donors (Lipinski definition) is 1. The van der Waals surface area contributed by atoms with E-state index in [4.69, 9.17) is 0 Å². The van der Waals surface area contributed by atoms with E-state index >= 15 is 0 Å². The molecule has 3 atom stereocenters. The average molecular weight is 263 g/mol. The van der Waals surface area contributed by atoms with Crippen LogP contribution in [0.2, 0.25) is 0 Å². The molecule has 0 aromatic carbocycles. The Morgan fingerprint density at radius 1 is 1.42 bits per heavy atom. The third-order valence-corrected chi connectivity index (χ3v) is 4.73. The Kier molecular flexibility index (Phi) is 5.03. The fraction of sp³-hybridized carbons (Fsp3) is 0.812. The molecule has 1 aromatic rings. The van der Waals surface area contributed by atoms with Crippen molar-refractivity contribution in [1.29, 1.82) is 0 Å². The summed E-state index contributed by atoms with van der Waals surface area (Å²) in [7, 11) is 2.10. The second kappa shape index (κ2) is 6.56. The molecule has 2 rings (SSSR count). The molecular weight excluding hydrogens is 234 g/mol. The quantitative estimate of drug-likeness (QED) is 0.878. The van der Waals surface area contributed by atoms with Gasteiger partial charge in [0.2, 0.25) is 0 Å². The zero-order valence-electron chi connectivity index (χ0n) is 12.9. The van der Waals surface area contributed by atoms with Crippen LogP contribution < -0.4 is 5.32 Å². The molecule has 0 amide bonds. The van der Waals surface area contributed by atoms with Gasteiger partial charge in [-0.1, -0.05) is 26.2 Å². The molecule has 19 heavy (non-hydrogen) atoms. The van der Waals surface area contributed by atoms with Crippen LogP contribution in [0.15, 0.2) is 6.07 Å². The van der Waals surface area contributed by atoms with E-state index in [0.29, 0.717) is 6.04 Å². The highest BCUT2D eigenvalue weighted by molar-refractivity contribution is 5.14. The van der Waals surface area contributed by atoms with Crippen molar-refractivity contribution in [3.05, 3.63) is 17.5 Å². The molecule has 1 saturated carbocycles. The van der Waals surface area contributed by atoms with Gasteiger partial charge in [0.1, 0.15) is 0 Å². The lowest BCUT2D eigenvalue weighted by atomic mass is 9.76. The van der Waals surface area contributed by atoms with Gasteiger partial charge in [0.05, 0.1) is 17.4 Å². The van der Waals surface area contributed by atoms with Crippen LogP contribution in [0.1, 0.15) is 63.4 Å². The van der Waals surface area contributed by atoms with E-state index in [1.807, 2.05) is 0 Å².